The van der Waals surface area contributed by atoms with Crippen LogP contribution in [0.4, 0.5) is 5.82 Å². The van der Waals surface area contributed by atoms with Crippen molar-refractivity contribution in [3.8, 4) is 22.4 Å². The van der Waals surface area contributed by atoms with Gasteiger partial charge in [-0.3, -0.25) is 15.0 Å². The van der Waals surface area contributed by atoms with Crippen molar-refractivity contribution in [1.82, 2.24) is 19.9 Å². The predicted octanol–water partition coefficient (Wildman–Crippen LogP) is 5.72. The quantitative estimate of drug-likeness (QED) is 0.383. The molecule has 5 heteroatoms. The van der Waals surface area contributed by atoms with Crippen LogP contribution in [0.1, 0.15) is 11.3 Å². The van der Waals surface area contributed by atoms with Crippen molar-refractivity contribution >= 4 is 16.6 Å². The number of hydrogen-bond donors (Lipinski definition) is 1. The summed E-state index contributed by atoms with van der Waals surface area (Å²) in [6.45, 7) is 2.81. The summed E-state index contributed by atoms with van der Waals surface area (Å²) < 4.78 is 0. The van der Waals surface area contributed by atoms with Crippen molar-refractivity contribution in [2.24, 2.45) is 0 Å². The number of anilines is 1. The van der Waals surface area contributed by atoms with Gasteiger partial charge in [-0.1, -0.05) is 24.3 Å². The summed E-state index contributed by atoms with van der Waals surface area (Å²) in [6, 6.07) is 20.9. The summed E-state index contributed by atoms with van der Waals surface area (Å²) in [4.78, 5) is 17.5. The topological polar surface area (TPSA) is 63.6 Å². The Kier molecular flexibility index (Phi) is 5.54. The molecule has 0 aliphatic carbocycles. The fourth-order valence-corrected chi connectivity index (χ4v) is 3.80. The van der Waals surface area contributed by atoms with Gasteiger partial charge < -0.3 is 5.32 Å². The van der Waals surface area contributed by atoms with Gasteiger partial charge in [-0.15, -0.1) is 0 Å². The molecule has 5 rings (SSSR count). The summed E-state index contributed by atoms with van der Waals surface area (Å²) in [5.41, 5.74) is 6.70. The average Bonchev–Trinajstić information content (AvgIpc) is 2.85. The number of rotatable bonds is 6. The van der Waals surface area contributed by atoms with Crippen LogP contribution in [0, 0.1) is 6.92 Å². The molecule has 0 bridgehead atoms. The molecule has 0 unspecified atom stereocenters. The summed E-state index contributed by atoms with van der Waals surface area (Å²) in [7, 11) is 0. The number of fused-ring (bicyclic) bond motifs is 1. The lowest BCUT2D eigenvalue weighted by Gasteiger charge is -2.10. The van der Waals surface area contributed by atoms with Crippen LogP contribution in [0.2, 0.25) is 0 Å². The monoisotopic (exact) mass is 417 g/mol. The second kappa shape index (κ2) is 8.94. The Morgan fingerprint density at radius 2 is 1.50 bits per heavy atom. The van der Waals surface area contributed by atoms with E-state index in [2.05, 4.69) is 61.7 Å². The molecule has 4 heterocycles. The van der Waals surface area contributed by atoms with Crippen LogP contribution in [-0.4, -0.2) is 26.5 Å². The highest BCUT2D eigenvalue weighted by atomic mass is 15.0. The highest BCUT2D eigenvalue weighted by Gasteiger charge is 2.06. The molecule has 5 aromatic rings. The molecule has 0 aliphatic heterocycles. The molecule has 4 aromatic heterocycles. The number of nitrogens with one attached hydrogen (secondary N) is 1. The standard InChI is InChI=1S/C27H23N5/c1-19-16-23(9-14-29-19)21-4-2-20(3-5-21)6-13-30-27-25-18-32-26(17-24(25)10-15-31-27)22-7-11-28-12-8-22/h2-5,7-12,14-18H,6,13H2,1H3,(H,30,31). The molecule has 1 N–H and O–H groups in total. The van der Waals surface area contributed by atoms with E-state index in [4.69, 9.17) is 0 Å². The number of pyridine rings is 4. The van der Waals surface area contributed by atoms with Crippen LogP contribution in [0.25, 0.3) is 33.2 Å². The van der Waals surface area contributed by atoms with Crippen molar-refractivity contribution in [3.63, 3.8) is 0 Å². The normalized spacial score (nSPS) is 10.9. The van der Waals surface area contributed by atoms with E-state index in [1.54, 1.807) is 12.4 Å². The van der Waals surface area contributed by atoms with Gasteiger partial charge >= 0.3 is 0 Å². The molecule has 32 heavy (non-hydrogen) atoms. The molecule has 0 atom stereocenters. The maximum absolute atomic E-state index is 4.64. The number of benzene rings is 1. The van der Waals surface area contributed by atoms with E-state index in [1.165, 1.54) is 16.7 Å². The molecule has 1 aromatic carbocycles. The Balaban J connectivity index is 1.27. The molecule has 0 spiro atoms. The molecule has 156 valence electrons. The van der Waals surface area contributed by atoms with Crippen LogP contribution in [-0.2, 0) is 6.42 Å². The van der Waals surface area contributed by atoms with E-state index in [9.17, 15) is 0 Å². The molecule has 0 saturated carbocycles. The number of hydrogen-bond acceptors (Lipinski definition) is 5. The summed E-state index contributed by atoms with van der Waals surface area (Å²) in [6.07, 6.45) is 10.1. The van der Waals surface area contributed by atoms with Crippen LogP contribution >= 0.6 is 0 Å². The largest absolute Gasteiger partial charge is 0.369 e. The van der Waals surface area contributed by atoms with Crippen molar-refractivity contribution in [2.45, 2.75) is 13.3 Å². The second-order valence-corrected chi connectivity index (χ2v) is 7.75. The smallest absolute Gasteiger partial charge is 0.135 e. The Labute approximate surface area is 187 Å². The zero-order valence-corrected chi connectivity index (χ0v) is 17.9. The fraction of sp³-hybridized carbons (Fsp3) is 0.111. The van der Waals surface area contributed by atoms with Gasteiger partial charge in [0.1, 0.15) is 5.82 Å². The zero-order valence-electron chi connectivity index (χ0n) is 17.9. The van der Waals surface area contributed by atoms with Gasteiger partial charge in [0.25, 0.3) is 0 Å². The molecule has 0 amide bonds. The molecular formula is C27H23N5. The van der Waals surface area contributed by atoms with Gasteiger partial charge in [-0.2, -0.15) is 0 Å². The first-order valence-electron chi connectivity index (χ1n) is 10.7. The summed E-state index contributed by atoms with van der Waals surface area (Å²) in [5, 5.41) is 5.61. The van der Waals surface area contributed by atoms with Gasteiger partial charge in [0.05, 0.1) is 5.69 Å². The molecule has 0 saturated heterocycles. The fourth-order valence-electron chi connectivity index (χ4n) is 3.80. The van der Waals surface area contributed by atoms with Crippen LogP contribution in [0.5, 0.6) is 0 Å². The van der Waals surface area contributed by atoms with Gasteiger partial charge in [0.15, 0.2) is 0 Å². The van der Waals surface area contributed by atoms with Crippen molar-refractivity contribution in [3.05, 3.63) is 103 Å². The van der Waals surface area contributed by atoms with Gasteiger partial charge in [0.2, 0.25) is 0 Å². The highest BCUT2D eigenvalue weighted by molar-refractivity contribution is 5.93. The van der Waals surface area contributed by atoms with E-state index in [0.717, 1.165) is 46.5 Å². The first kappa shape index (κ1) is 19.8. The number of aromatic nitrogens is 4. The maximum atomic E-state index is 4.64. The lowest BCUT2D eigenvalue weighted by molar-refractivity contribution is 1.01. The SMILES string of the molecule is Cc1cc(-c2ccc(CCNc3nccc4cc(-c5ccncc5)ncc34)cc2)ccn1. The number of nitrogens with zero attached hydrogens (tertiary/aromatic N) is 4. The van der Waals surface area contributed by atoms with E-state index in [0.29, 0.717) is 0 Å². The lowest BCUT2D eigenvalue weighted by atomic mass is 10.0. The molecule has 0 fully saturated rings. The van der Waals surface area contributed by atoms with E-state index in [1.807, 2.05) is 49.8 Å². The van der Waals surface area contributed by atoms with Gasteiger partial charge in [-0.05, 0) is 71.8 Å². The molecule has 0 aliphatic rings. The minimum absolute atomic E-state index is 0.798. The zero-order chi connectivity index (χ0) is 21.8. The second-order valence-electron chi connectivity index (χ2n) is 7.75. The van der Waals surface area contributed by atoms with Crippen molar-refractivity contribution in [2.75, 3.05) is 11.9 Å². The minimum Gasteiger partial charge on any atom is -0.369 e. The Hall–Kier alpha value is -4.12. The minimum atomic E-state index is 0.798. The van der Waals surface area contributed by atoms with Crippen LogP contribution < -0.4 is 5.32 Å². The molecule has 0 radical (unpaired) electrons. The van der Waals surface area contributed by atoms with Crippen LogP contribution in [0.3, 0.4) is 0 Å². The van der Waals surface area contributed by atoms with Crippen LogP contribution in [0.15, 0.2) is 91.6 Å². The lowest BCUT2D eigenvalue weighted by Crippen LogP contribution is -2.06. The Bertz CT molecular complexity index is 1350. The van der Waals surface area contributed by atoms with E-state index < -0.39 is 0 Å². The molecular weight excluding hydrogens is 394 g/mol. The van der Waals surface area contributed by atoms with Gasteiger partial charge in [0, 0.05) is 54.2 Å². The highest BCUT2D eigenvalue weighted by Crippen LogP contribution is 2.25. The van der Waals surface area contributed by atoms with E-state index in [-0.39, 0.29) is 0 Å². The van der Waals surface area contributed by atoms with Crippen molar-refractivity contribution < 1.29 is 0 Å². The third-order valence-corrected chi connectivity index (χ3v) is 5.51. The number of aryl methyl sites for hydroxylation is 1. The van der Waals surface area contributed by atoms with Crippen molar-refractivity contribution in [1.29, 1.82) is 0 Å². The Morgan fingerprint density at radius 1 is 0.719 bits per heavy atom. The maximum Gasteiger partial charge on any atom is 0.135 e. The third-order valence-electron chi connectivity index (χ3n) is 5.51. The first-order valence-corrected chi connectivity index (χ1v) is 10.7. The molecule has 5 nitrogen and oxygen atoms in total. The first-order chi connectivity index (χ1) is 15.8. The predicted molar refractivity (Wildman–Crippen MR) is 129 cm³/mol. The van der Waals surface area contributed by atoms with E-state index >= 15 is 0 Å². The third kappa shape index (κ3) is 4.32. The Morgan fingerprint density at radius 3 is 2.31 bits per heavy atom. The average molecular weight is 418 g/mol. The summed E-state index contributed by atoms with van der Waals surface area (Å²) >= 11 is 0. The van der Waals surface area contributed by atoms with Gasteiger partial charge in [-0.25, -0.2) is 4.98 Å². The summed E-state index contributed by atoms with van der Waals surface area (Å²) in [5.74, 6) is 0.861.